The number of nitrogens with zero attached hydrogens (tertiary/aromatic N) is 3. The number of amidine groups is 1. The minimum absolute atomic E-state index is 0.0134. The first-order valence-electron chi connectivity index (χ1n) is 6.59. The first-order valence-corrected chi connectivity index (χ1v) is 8.98. The molecule has 1 amide bonds. The molecule has 1 aliphatic heterocycles. The lowest BCUT2D eigenvalue weighted by atomic mass is 10.2. The van der Waals surface area contributed by atoms with Crippen molar-refractivity contribution in [3.05, 3.63) is 0 Å². The molecule has 0 bridgehead atoms. The molecule has 9 heteroatoms. The molecule has 1 rings (SSSR count). The second kappa shape index (κ2) is 6.83. The van der Waals surface area contributed by atoms with Crippen LogP contribution in [0.25, 0.3) is 0 Å². The van der Waals surface area contributed by atoms with Gasteiger partial charge < -0.3 is 14.5 Å². The number of piperazine rings is 1. The van der Waals surface area contributed by atoms with Crippen LogP contribution in [0.1, 0.15) is 20.8 Å². The van der Waals surface area contributed by atoms with Crippen molar-refractivity contribution in [3.63, 3.8) is 0 Å². The fraction of sp³-hybridized carbons (Fsp3) is 0.833. The monoisotopic (exact) mass is 339 g/mol. The molecule has 0 aromatic rings. The standard InChI is InChI=1S/C12H22ClN3O4S/c1-12(2,3)20-11(17)16-7-5-15(6-8-16)10(9-13)14-21(4,18)19/h5-9H2,1-4H3. The largest absolute Gasteiger partial charge is 0.444 e. The molecule has 122 valence electrons. The number of halogens is 1. The average Bonchev–Trinajstić information content (AvgIpc) is 2.33. The molecule has 0 aromatic carbocycles. The summed E-state index contributed by atoms with van der Waals surface area (Å²) in [7, 11) is -3.48. The van der Waals surface area contributed by atoms with Gasteiger partial charge in [-0.25, -0.2) is 13.2 Å². The van der Waals surface area contributed by atoms with Gasteiger partial charge in [-0.1, -0.05) is 0 Å². The van der Waals surface area contributed by atoms with E-state index in [1.807, 2.05) is 20.8 Å². The third kappa shape index (κ3) is 6.52. The van der Waals surface area contributed by atoms with Crippen LogP contribution in [0.2, 0.25) is 0 Å². The molecule has 0 N–H and O–H groups in total. The molecule has 0 saturated carbocycles. The van der Waals surface area contributed by atoms with E-state index in [1.54, 1.807) is 9.80 Å². The molecule has 1 saturated heterocycles. The molecule has 1 aliphatic rings. The van der Waals surface area contributed by atoms with E-state index in [0.717, 1.165) is 6.26 Å². The predicted octanol–water partition coefficient (Wildman–Crippen LogP) is 1.14. The van der Waals surface area contributed by atoms with E-state index in [-0.39, 0.29) is 12.0 Å². The SMILES string of the molecule is CC(C)(C)OC(=O)N1CCN(C(CCl)=NS(C)(=O)=O)CC1. The van der Waals surface area contributed by atoms with Crippen LogP contribution in [0.15, 0.2) is 4.40 Å². The third-order valence-corrected chi connectivity index (χ3v) is 3.47. The lowest BCUT2D eigenvalue weighted by molar-refractivity contribution is 0.0187. The van der Waals surface area contributed by atoms with Gasteiger partial charge in [0.25, 0.3) is 10.0 Å². The topological polar surface area (TPSA) is 79.3 Å². The van der Waals surface area contributed by atoms with Crippen LogP contribution in [0.5, 0.6) is 0 Å². The Hall–Kier alpha value is -1.02. The van der Waals surface area contributed by atoms with E-state index in [2.05, 4.69) is 4.40 Å². The number of alkyl halides is 1. The number of rotatable bonds is 2. The maximum absolute atomic E-state index is 11.9. The Labute approximate surface area is 131 Å². The maximum Gasteiger partial charge on any atom is 0.410 e. The third-order valence-electron chi connectivity index (χ3n) is 2.69. The molecule has 1 fully saturated rings. The number of carbonyl (C=O) groups is 1. The zero-order chi connectivity index (χ0) is 16.3. The van der Waals surface area contributed by atoms with Crippen molar-refractivity contribution in [2.45, 2.75) is 26.4 Å². The first-order chi connectivity index (χ1) is 9.52. The van der Waals surface area contributed by atoms with Gasteiger partial charge in [-0.2, -0.15) is 0 Å². The summed E-state index contributed by atoms with van der Waals surface area (Å²) in [5.74, 6) is 0.322. The minimum Gasteiger partial charge on any atom is -0.444 e. The fourth-order valence-corrected chi connectivity index (χ4v) is 2.69. The number of amides is 1. The lowest BCUT2D eigenvalue weighted by Gasteiger charge is -2.36. The van der Waals surface area contributed by atoms with E-state index < -0.39 is 15.6 Å². The van der Waals surface area contributed by atoms with E-state index in [1.165, 1.54) is 0 Å². The van der Waals surface area contributed by atoms with E-state index >= 15 is 0 Å². The second-order valence-corrected chi connectivity index (χ2v) is 7.74. The molecule has 0 aromatic heterocycles. The van der Waals surface area contributed by atoms with Crippen LogP contribution >= 0.6 is 11.6 Å². The van der Waals surface area contributed by atoms with Crippen LogP contribution in [-0.2, 0) is 14.8 Å². The Morgan fingerprint density at radius 3 is 2.05 bits per heavy atom. The summed E-state index contributed by atoms with van der Waals surface area (Å²) in [5, 5.41) is 0. The Morgan fingerprint density at radius 2 is 1.67 bits per heavy atom. The lowest BCUT2D eigenvalue weighted by Crippen LogP contribution is -2.52. The normalized spacial score (nSPS) is 17.9. The van der Waals surface area contributed by atoms with Gasteiger partial charge in [-0.15, -0.1) is 16.0 Å². The van der Waals surface area contributed by atoms with Crippen molar-refractivity contribution >= 4 is 33.6 Å². The quantitative estimate of drug-likeness (QED) is 0.428. The minimum atomic E-state index is -3.48. The van der Waals surface area contributed by atoms with Crippen molar-refractivity contribution in [3.8, 4) is 0 Å². The number of sulfonamides is 1. The van der Waals surface area contributed by atoms with Gasteiger partial charge in [0.15, 0.2) is 0 Å². The number of hydrogen-bond acceptors (Lipinski definition) is 4. The smallest absolute Gasteiger partial charge is 0.410 e. The van der Waals surface area contributed by atoms with Gasteiger partial charge in [-0.05, 0) is 20.8 Å². The Morgan fingerprint density at radius 1 is 1.19 bits per heavy atom. The van der Waals surface area contributed by atoms with Gasteiger partial charge in [0.05, 0.1) is 12.1 Å². The highest BCUT2D eigenvalue weighted by Crippen LogP contribution is 2.12. The highest BCUT2D eigenvalue weighted by Gasteiger charge is 2.27. The summed E-state index contributed by atoms with van der Waals surface area (Å²) in [5.41, 5.74) is -0.534. The maximum atomic E-state index is 11.9. The highest BCUT2D eigenvalue weighted by molar-refractivity contribution is 7.89. The number of ether oxygens (including phenoxy) is 1. The average molecular weight is 340 g/mol. The molecule has 0 spiro atoms. The van der Waals surface area contributed by atoms with E-state index in [0.29, 0.717) is 32.0 Å². The van der Waals surface area contributed by atoms with E-state index in [9.17, 15) is 13.2 Å². The summed E-state index contributed by atoms with van der Waals surface area (Å²) < 4.78 is 31.4. The van der Waals surface area contributed by atoms with Gasteiger partial charge in [0.2, 0.25) is 0 Å². The van der Waals surface area contributed by atoms with Gasteiger partial charge in [-0.3, -0.25) is 0 Å². The van der Waals surface area contributed by atoms with Gasteiger partial charge in [0.1, 0.15) is 11.4 Å². The first kappa shape index (κ1) is 18.0. The summed E-state index contributed by atoms with van der Waals surface area (Å²) in [6, 6.07) is 0. The van der Waals surface area contributed by atoms with Crippen LogP contribution in [-0.4, -0.2) is 74.1 Å². The Bertz CT molecular complexity index is 505. The van der Waals surface area contributed by atoms with Crippen molar-refractivity contribution in [2.24, 2.45) is 4.40 Å². The van der Waals surface area contributed by atoms with Crippen LogP contribution in [0.4, 0.5) is 4.79 Å². The van der Waals surface area contributed by atoms with Crippen LogP contribution in [0.3, 0.4) is 0 Å². The molecule has 0 aliphatic carbocycles. The summed E-state index contributed by atoms with van der Waals surface area (Å²) in [6.45, 7) is 7.26. The number of carbonyl (C=O) groups excluding carboxylic acids is 1. The zero-order valence-electron chi connectivity index (χ0n) is 12.8. The Kier molecular flexibility index (Phi) is 5.86. The zero-order valence-corrected chi connectivity index (χ0v) is 14.4. The van der Waals surface area contributed by atoms with Crippen LogP contribution in [0, 0.1) is 0 Å². The highest BCUT2D eigenvalue weighted by atomic mass is 35.5. The van der Waals surface area contributed by atoms with E-state index in [4.69, 9.17) is 16.3 Å². The Balaban J connectivity index is 2.63. The van der Waals surface area contributed by atoms with Crippen molar-refractivity contribution < 1.29 is 17.9 Å². The van der Waals surface area contributed by atoms with Crippen LogP contribution < -0.4 is 0 Å². The molecule has 1 heterocycles. The summed E-state index contributed by atoms with van der Waals surface area (Å²) in [6.07, 6.45) is 0.658. The fourth-order valence-electron chi connectivity index (χ4n) is 1.83. The van der Waals surface area contributed by atoms with Gasteiger partial charge in [0, 0.05) is 26.2 Å². The van der Waals surface area contributed by atoms with Gasteiger partial charge >= 0.3 is 6.09 Å². The van der Waals surface area contributed by atoms with Crippen molar-refractivity contribution in [2.75, 3.05) is 38.3 Å². The molecule has 0 atom stereocenters. The summed E-state index contributed by atoms with van der Waals surface area (Å²) in [4.78, 5) is 15.3. The molecular formula is C12H22ClN3O4S. The van der Waals surface area contributed by atoms with Crippen molar-refractivity contribution in [1.29, 1.82) is 0 Å². The molecule has 0 radical (unpaired) electrons. The molecular weight excluding hydrogens is 318 g/mol. The molecule has 7 nitrogen and oxygen atoms in total. The summed E-state index contributed by atoms with van der Waals surface area (Å²) >= 11 is 5.75. The predicted molar refractivity (Wildman–Crippen MR) is 82.4 cm³/mol. The van der Waals surface area contributed by atoms with Crippen molar-refractivity contribution in [1.82, 2.24) is 9.80 Å². The second-order valence-electron chi connectivity index (χ2n) is 5.83. The number of hydrogen-bond donors (Lipinski definition) is 0. The molecule has 21 heavy (non-hydrogen) atoms. The molecule has 0 unspecified atom stereocenters.